The van der Waals surface area contributed by atoms with Crippen LogP contribution in [0.5, 0.6) is 11.5 Å². The molecule has 2 rings (SSSR count). The van der Waals surface area contributed by atoms with Crippen molar-refractivity contribution in [1.82, 2.24) is 0 Å². The van der Waals surface area contributed by atoms with E-state index in [1.807, 2.05) is 6.07 Å². The monoisotopic (exact) mass is 310 g/mol. The van der Waals surface area contributed by atoms with Crippen molar-refractivity contribution in [1.29, 1.82) is 5.26 Å². The topological polar surface area (TPSA) is 85.3 Å². The molecule has 2 aromatic rings. The van der Waals surface area contributed by atoms with Crippen LogP contribution in [-0.2, 0) is 4.74 Å². The van der Waals surface area contributed by atoms with Crippen LogP contribution in [0, 0.1) is 11.3 Å². The summed E-state index contributed by atoms with van der Waals surface area (Å²) in [5.41, 5.74) is 6.28. The van der Waals surface area contributed by atoms with Crippen LogP contribution < -0.4 is 10.5 Å². The number of rotatable bonds is 3. The predicted molar refractivity (Wildman–Crippen MR) is 87.3 cm³/mol. The second-order valence-electron chi connectivity index (χ2n) is 6.00. The van der Waals surface area contributed by atoms with Gasteiger partial charge in [-0.3, -0.25) is 0 Å². The lowest BCUT2D eigenvalue weighted by atomic mass is 10.1. The van der Waals surface area contributed by atoms with Crippen molar-refractivity contribution in [3.63, 3.8) is 0 Å². The minimum atomic E-state index is -0.625. The molecule has 0 aromatic heterocycles. The Kier molecular flexibility index (Phi) is 4.56. The van der Waals surface area contributed by atoms with E-state index in [0.29, 0.717) is 22.7 Å². The zero-order valence-electron chi connectivity index (χ0n) is 13.3. The number of carbonyl (C=O) groups is 1. The Balaban J connectivity index is 2.35. The fourth-order valence-electron chi connectivity index (χ4n) is 1.89. The molecule has 118 valence electrons. The van der Waals surface area contributed by atoms with Gasteiger partial charge in [0, 0.05) is 5.69 Å². The highest BCUT2D eigenvalue weighted by atomic mass is 16.6. The largest absolute Gasteiger partial charge is 0.456 e. The lowest BCUT2D eigenvalue weighted by molar-refractivity contribution is 0.00672. The third kappa shape index (κ3) is 4.48. The van der Waals surface area contributed by atoms with E-state index in [2.05, 4.69) is 0 Å². The Morgan fingerprint density at radius 3 is 2.57 bits per heavy atom. The van der Waals surface area contributed by atoms with E-state index in [4.69, 9.17) is 20.5 Å². The molecule has 23 heavy (non-hydrogen) atoms. The van der Waals surface area contributed by atoms with Crippen molar-refractivity contribution in [2.75, 3.05) is 5.73 Å². The molecule has 0 atom stereocenters. The van der Waals surface area contributed by atoms with Crippen molar-refractivity contribution in [2.45, 2.75) is 26.4 Å². The van der Waals surface area contributed by atoms with Gasteiger partial charge in [-0.25, -0.2) is 4.79 Å². The van der Waals surface area contributed by atoms with Gasteiger partial charge in [0.15, 0.2) is 0 Å². The quantitative estimate of drug-likeness (QED) is 0.686. The molecule has 2 N–H and O–H groups in total. The number of hydrogen-bond donors (Lipinski definition) is 1. The number of hydrogen-bond acceptors (Lipinski definition) is 5. The SMILES string of the molecule is CC(C)(C)OC(=O)c1cc(N)ccc1Oc1cccc(C#N)c1. The van der Waals surface area contributed by atoms with Crippen molar-refractivity contribution < 1.29 is 14.3 Å². The van der Waals surface area contributed by atoms with E-state index in [0.717, 1.165) is 0 Å². The molecule has 5 heteroatoms. The molecule has 0 fully saturated rings. The van der Waals surface area contributed by atoms with Crippen LogP contribution in [0.1, 0.15) is 36.7 Å². The van der Waals surface area contributed by atoms with Gasteiger partial charge in [-0.2, -0.15) is 5.26 Å². The highest BCUT2D eigenvalue weighted by Gasteiger charge is 2.21. The summed E-state index contributed by atoms with van der Waals surface area (Å²) in [4.78, 5) is 12.3. The first-order valence-corrected chi connectivity index (χ1v) is 7.09. The summed E-state index contributed by atoms with van der Waals surface area (Å²) in [6.45, 7) is 5.36. The maximum Gasteiger partial charge on any atom is 0.342 e. The molecule has 0 aliphatic carbocycles. The zero-order chi connectivity index (χ0) is 17.0. The molecule has 5 nitrogen and oxygen atoms in total. The molecule has 0 bridgehead atoms. The number of ether oxygens (including phenoxy) is 2. The predicted octanol–water partition coefficient (Wildman–Crippen LogP) is 3.89. The van der Waals surface area contributed by atoms with Crippen LogP contribution >= 0.6 is 0 Å². The van der Waals surface area contributed by atoms with Crippen molar-refractivity contribution >= 4 is 11.7 Å². The summed E-state index contributed by atoms with van der Waals surface area (Å²) in [5.74, 6) is 0.262. The Hall–Kier alpha value is -3.00. The minimum absolute atomic E-state index is 0.238. The average Bonchev–Trinajstić information content (AvgIpc) is 2.47. The third-order valence-corrected chi connectivity index (χ3v) is 2.81. The Morgan fingerprint density at radius 2 is 1.91 bits per heavy atom. The number of nitrogens with two attached hydrogens (primary N) is 1. The van der Waals surface area contributed by atoms with Gasteiger partial charge in [0.1, 0.15) is 22.7 Å². The molecular formula is C18H18N2O3. The van der Waals surface area contributed by atoms with E-state index in [1.54, 1.807) is 57.2 Å². The summed E-state index contributed by atoms with van der Waals surface area (Å²) in [5, 5.41) is 8.94. The maximum atomic E-state index is 12.3. The van der Waals surface area contributed by atoms with Gasteiger partial charge < -0.3 is 15.2 Å². The van der Waals surface area contributed by atoms with Crippen molar-refractivity contribution in [3.8, 4) is 17.6 Å². The van der Waals surface area contributed by atoms with Gasteiger partial charge in [-0.05, 0) is 57.2 Å². The molecule has 2 aromatic carbocycles. The van der Waals surface area contributed by atoms with E-state index < -0.39 is 11.6 Å². The van der Waals surface area contributed by atoms with Crippen LogP contribution in [0.4, 0.5) is 5.69 Å². The van der Waals surface area contributed by atoms with Crippen molar-refractivity contribution in [2.24, 2.45) is 0 Å². The number of carbonyl (C=O) groups excluding carboxylic acids is 1. The van der Waals surface area contributed by atoms with E-state index in [-0.39, 0.29) is 5.56 Å². The minimum Gasteiger partial charge on any atom is -0.456 e. The molecule has 0 aliphatic rings. The van der Waals surface area contributed by atoms with Gasteiger partial charge in [0.2, 0.25) is 0 Å². The van der Waals surface area contributed by atoms with Crippen LogP contribution in [0.2, 0.25) is 0 Å². The molecule has 0 radical (unpaired) electrons. The first-order chi connectivity index (χ1) is 10.8. The molecular weight excluding hydrogens is 292 g/mol. The van der Waals surface area contributed by atoms with E-state index in [1.165, 1.54) is 6.07 Å². The highest BCUT2D eigenvalue weighted by Crippen LogP contribution is 2.29. The van der Waals surface area contributed by atoms with Gasteiger partial charge in [-0.15, -0.1) is 0 Å². The van der Waals surface area contributed by atoms with Crippen LogP contribution in [0.25, 0.3) is 0 Å². The first-order valence-electron chi connectivity index (χ1n) is 7.09. The molecule has 0 saturated heterocycles. The number of nitriles is 1. The Bertz CT molecular complexity index is 771. The van der Waals surface area contributed by atoms with Crippen LogP contribution in [-0.4, -0.2) is 11.6 Å². The van der Waals surface area contributed by atoms with Gasteiger partial charge in [0.05, 0.1) is 11.6 Å². The number of benzene rings is 2. The molecule has 0 unspecified atom stereocenters. The lowest BCUT2D eigenvalue weighted by Crippen LogP contribution is -2.24. The Morgan fingerprint density at radius 1 is 1.17 bits per heavy atom. The first kappa shape index (κ1) is 16.4. The number of nitrogen functional groups attached to an aromatic ring is 1. The zero-order valence-corrected chi connectivity index (χ0v) is 13.3. The average molecular weight is 310 g/mol. The number of nitrogens with zero attached hydrogens (tertiary/aromatic N) is 1. The smallest absolute Gasteiger partial charge is 0.342 e. The van der Waals surface area contributed by atoms with Gasteiger partial charge >= 0.3 is 5.97 Å². The van der Waals surface area contributed by atoms with E-state index in [9.17, 15) is 4.79 Å². The third-order valence-electron chi connectivity index (χ3n) is 2.81. The normalized spacial score (nSPS) is 10.7. The van der Waals surface area contributed by atoms with Crippen molar-refractivity contribution in [3.05, 3.63) is 53.6 Å². The lowest BCUT2D eigenvalue weighted by Gasteiger charge is -2.20. The molecule has 0 aliphatic heterocycles. The van der Waals surface area contributed by atoms with Crippen LogP contribution in [0.15, 0.2) is 42.5 Å². The Labute approximate surface area is 135 Å². The fraction of sp³-hybridized carbons (Fsp3) is 0.222. The standard InChI is InChI=1S/C18H18N2O3/c1-18(2,3)23-17(21)15-10-13(20)7-8-16(15)22-14-6-4-5-12(9-14)11-19/h4-10H,20H2,1-3H3. The molecule has 0 saturated carbocycles. The van der Waals surface area contributed by atoms with E-state index >= 15 is 0 Å². The summed E-state index contributed by atoms with van der Waals surface area (Å²) in [6, 6.07) is 13.5. The summed E-state index contributed by atoms with van der Waals surface area (Å²) in [7, 11) is 0. The van der Waals surface area contributed by atoms with Gasteiger partial charge in [-0.1, -0.05) is 6.07 Å². The molecule has 0 spiro atoms. The molecule has 0 amide bonds. The summed E-state index contributed by atoms with van der Waals surface area (Å²) < 4.78 is 11.1. The van der Waals surface area contributed by atoms with Crippen LogP contribution in [0.3, 0.4) is 0 Å². The second kappa shape index (κ2) is 6.41. The summed E-state index contributed by atoms with van der Waals surface area (Å²) in [6.07, 6.45) is 0. The van der Waals surface area contributed by atoms with Gasteiger partial charge in [0.25, 0.3) is 0 Å². The number of anilines is 1. The fourth-order valence-corrected chi connectivity index (χ4v) is 1.89. The molecule has 0 heterocycles. The second-order valence-corrected chi connectivity index (χ2v) is 6.00. The highest BCUT2D eigenvalue weighted by molar-refractivity contribution is 5.94. The number of esters is 1. The summed E-state index contributed by atoms with van der Waals surface area (Å²) >= 11 is 0. The maximum absolute atomic E-state index is 12.3.